The molecule has 1 heterocycles. The minimum atomic E-state index is 0.305. The molecule has 0 bridgehead atoms. The molecule has 0 aromatic heterocycles. The Morgan fingerprint density at radius 3 is 2.87 bits per heavy atom. The van der Waals surface area contributed by atoms with E-state index < -0.39 is 0 Å². The zero-order chi connectivity index (χ0) is 11.1. The number of hydrogen-bond acceptors (Lipinski definition) is 3. The largest absolute Gasteiger partial charge is 0.395 e. The van der Waals surface area contributed by atoms with Gasteiger partial charge >= 0.3 is 0 Å². The van der Waals surface area contributed by atoms with E-state index in [1.165, 1.54) is 12.8 Å². The van der Waals surface area contributed by atoms with Gasteiger partial charge in [-0.05, 0) is 33.1 Å². The van der Waals surface area contributed by atoms with Crippen LogP contribution in [0.2, 0.25) is 0 Å². The predicted molar refractivity (Wildman–Crippen MR) is 62.0 cm³/mol. The lowest BCUT2D eigenvalue weighted by molar-refractivity contribution is 0.0411. The molecule has 1 fully saturated rings. The molecule has 0 spiro atoms. The van der Waals surface area contributed by atoms with Gasteiger partial charge < -0.3 is 9.84 Å². The molecule has 0 aromatic rings. The molecule has 15 heavy (non-hydrogen) atoms. The lowest BCUT2D eigenvalue weighted by atomic mass is 9.97. The van der Waals surface area contributed by atoms with Crippen LogP contribution in [0.1, 0.15) is 39.5 Å². The van der Waals surface area contributed by atoms with Crippen LogP contribution in [-0.4, -0.2) is 48.5 Å². The minimum Gasteiger partial charge on any atom is -0.395 e. The van der Waals surface area contributed by atoms with Crippen LogP contribution < -0.4 is 0 Å². The Morgan fingerprint density at radius 1 is 1.40 bits per heavy atom. The zero-order valence-electron chi connectivity index (χ0n) is 10.1. The highest BCUT2D eigenvalue weighted by molar-refractivity contribution is 4.81. The molecular weight excluding hydrogens is 190 g/mol. The van der Waals surface area contributed by atoms with Gasteiger partial charge in [-0.2, -0.15) is 0 Å². The number of aliphatic hydroxyl groups excluding tert-OH is 1. The van der Waals surface area contributed by atoms with E-state index >= 15 is 0 Å². The van der Waals surface area contributed by atoms with Crippen LogP contribution in [0.3, 0.4) is 0 Å². The fourth-order valence-corrected chi connectivity index (χ4v) is 2.43. The second-order valence-corrected chi connectivity index (χ2v) is 4.40. The molecule has 3 nitrogen and oxygen atoms in total. The number of piperidine rings is 1. The third kappa shape index (κ3) is 4.09. The van der Waals surface area contributed by atoms with Crippen LogP contribution >= 0.6 is 0 Å². The first-order valence-corrected chi connectivity index (χ1v) is 6.24. The quantitative estimate of drug-likeness (QED) is 0.684. The zero-order valence-corrected chi connectivity index (χ0v) is 10.1. The van der Waals surface area contributed by atoms with E-state index in [0.717, 1.165) is 32.6 Å². The molecule has 1 N–H and O–H groups in total. The van der Waals surface area contributed by atoms with Crippen molar-refractivity contribution in [1.29, 1.82) is 0 Å². The van der Waals surface area contributed by atoms with Gasteiger partial charge in [-0.25, -0.2) is 0 Å². The Hall–Kier alpha value is -0.120. The summed E-state index contributed by atoms with van der Waals surface area (Å²) in [5.74, 6) is 0. The van der Waals surface area contributed by atoms with Gasteiger partial charge in [-0.1, -0.05) is 6.42 Å². The van der Waals surface area contributed by atoms with E-state index in [4.69, 9.17) is 4.74 Å². The average molecular weight is 215 g/mol. The molecule has 0 radical (unpaired) electrons. The first-order valence-electron chi connectivity index (χ1n) is 6.24. The summed E-state index contributed by atoms with van der Waals surface area (Å²) in [5.41, 5.74) is 0. The molecule has 1 saturated heterocycles. The van der Waals surface area contributed by atoms with Gasteiger partial charge in [0.15, 0.2) is 0 Å². The minimum absolute atomic E-state index is 0.305. The van der Waals surface area contributed by atoms with E-state index in [0.29, 0.717) is 18.7 Å². The van der Waals surface area contributed by atoms with Crippen LogP contribution in [0.4, 0.5) is 0 Å². The van der Waals surface area contributed by atoms with Crippen molar-refractivity contribution < 1.29 is 9.84 Å². The number of ether oxygens (including phenoxy) is 1. The fourth-order valence-electron chi connectivity index (χ4n) is 2.43. The smallest absolute Gasteiger partial charge is 0.0586 e. The van der Waals surface area contributed by atoms with Crippen molar-refractivity contribution in [2.75, 3.05) is 26.4 Å². The average Bonchev–Trinajstić information content (AvgIpc) is 2.26. The maximum atomic E-state index is 9.31. The number of rotatable bonds is 6. The van der Waals surface area contributed by atoms with E-state index in [1.807, 2.05) is 6.92 Å². The summed E-state index contributed by atoms with van der Waals surface area (Å²) in [6, 6.07) is 1.01. The molecule has 0 amide bonds. The Kier molecular flexibility index (Phi) is 6.22. The third-order valence-corrected chi connectivity index (χ3v) is 3.31. The van der Waals surface area contributed by atoms with Crippen molar-refractivity contribution in [3.8, 4) is 0 Å². The molecule has 1 aliphatic heterocycles. The topological polar surface area (TPSA) is 32.7 Å². The molecule has 0 saturated carbocycles. The summed E-state index contributed by atoms with van der Waals surface area (Å²) in [5, 5.41) is 9.31. The second-order valence-electron chi connectivity index (χ2n) is 4.40. The van der Waals surface area contributed by atoms with Crippen LogP contribution in [0.15, 0.2) is 0 Å². The van der Waals surface area contributed by atoms with Gasteiger partial charge in [0.25, 0.3) is 0 Å². The number of aliphatic hydroxyl groups is 1. The number of nitrogens with zero attached hydrogens (tertiary/aromatic N) is 1. The van der Waals surface area contributed by atoms with Crippen molar-refractivity contribution in [1.82, 2.24) is 4.90 Å². The first kappa shape index (κ1) is 12.9. The van der Waals surface area contributed by atoms with Crippen molar-refractivity contribution in [2.45, 2.75) is 51.6 Å². The Balaban J connectivity index is 2.27. The van der Waals surface area contributed by atoms with Gasteiger partial charge in [0, 0.05) is 31.8 Å². The summed E-state index contributed by atoms with van der Waals surface area (Å²) in [7, 11) is 0. The lowest BCUT2D eigenvalue weighted by Crippen LogP contribution is -2.47. The summed E-state index contributed by atoms with van der Waals surface area (Å²) in [6.07, 6.45) is 4.75. The molecule has 2 unspecified atom stereocenters. The summed E-state index contributed by atoms with van der Waals surface area (Å²) in [6.45, 7) is 7.31. The van der Waals surface area contributed by atoms with Crippen LogP contribution in [0, 0.1) is 0 Å². The van der Waals surface area contributed by atoms with Crippen LogP contribution in [0.25, 0.3) is 0 Å². The van der Waals surface area contributed by atoms with Gasteiger partial charge in [-0.3, -0.25) is 4.90 Å². The number of likely N-dealkylation sites (tertiary alicyclic amines) is 1. The van der Waals surface area contributed by atoms with E-state index in [9.17, 15) is 5.11 Å². The predicted octanol–water partition coefficient (Wildman–Crippen LogP) is 1.65. The molecular formula is C12H25NO2. The van der Waals surface area contributed by atoms with E-state index in [2.05, 4.69) is 11.8 Å². The molecule has 1 aliphatic rings. The highest BCUT2D eigenvalue weighted by atomic mass is 16.5. The van der Waals surface area contributed by atoms with Crippen molar-refractivity contribution >= 4 is 0 Å². The van der Waals surface area contributed by atoms with E-state index in [-0.39, 0.29) is 0 Å². The molecule has 90 valence electrons. The van der Waals surface area contributed by atoms with E-state index in [1.54, 1.807) is 0 Å². The van der Waals surface area contributed by atoms with Crippen molar-refractivity contribution in [3.63, 3.8) is 0 Å². The van der Waals surface area contributed by atoms with Gasteiger partial charge in [0.2, 0.25) is 0 Å². The fraction of sp³-hybridized carbons (Fsp3) is 1.00. The summed E-state index contributed by atoms with van der Waals surface area (Å²) >= 11 is 0. The lowest BCUT2D eigenvalue weighted by Gasteiger charge is -2.39. The Morgan fingerprint density at radius 2 is 2.20 bits per heavy atom. The van der Waals surface area contributed by atoms with Crippen molar-refractivity contribution in [3.05, 3.63) is 0 Å². The Bertz CT molecular complexity index is 164. The molecule has 1 rings (SSSR count). The SMILES string of the molecule is CCOCCCN1C(C)CCCC1CO. The maximum absolute atomic E-state index is 9.31. The molecule has 2 atom stereocenters. The molecule has 0 aliphatic carbocycles. The summed E-state index contributed by atoms with van der Waals surface area (Å²) in [4.78, 5) is 2.45. The monoisotopic (exact) mass is 215 g/mol. The highest BCUT2D eigenvalue weighted by Gasteiger charge is 2.26. The molecule has 0 aromatic carbocycles. The Labute approximate surface area is 93.4 Å². The van der Waals surface area contributed by atoms with Crippen LogP contribution in [-0.2, 0) is 4.74 Å². The first-order chi connectivity index (χ1) is 7.29. The third-order valence-electron chi connectivity index (χ3n) is 3.31. The standard InChI is InChI=1S/C12H25NO2/c1-3-15-9-5-8-13-11(2)6-4-7-12(13)10-14/h11-12,14H,3-10H2,1-2H3. The second kappa shape index (κ2) is 7.20. The molecule has 3 heteroatoms. The normalized spacial score (nSPS) is 28.2. The highest BCUT2D eigenvalue weighted by Crippen LogP contribution is 2.22. The summed E-state index contributed by atoms with van der Waals surface area (Å²) < 4.78 is 5.34. The van der Waals surface area contributed by atoms with Crippen LogP contribution in [0.5, 0.6) is 0 Å². The van der Waals surface area contributed by atoms with Crippen molar-refractivity contribution in [2.24, 2.45) is 0 Å². The van der Waals surface area contributed by atoms with Gasteiger partial charge in [0.05, 0.1) is 6.61 Å². The van der Waals surface area contributed by atoms with Gasteiger partial charge in [0.1, 0.15) is 0 Å². The van der Waals surface area contributed by atoms with Gasteiger partial charge in [-0.15, -0.1) is 0 Å². The number of hydrogen-bond donors (Lipinski definition) is 1. The maximum Gasteiger partial charge on any atom is 0.0586 e.